The van der Waals surface area contributed by atoms with Crippen LogP contribution in [-0.2, 0) is 4.79 Å². The van der Waals surface area contributed by atoms with E-state index in [4.69, 9.17) is 10.5 Å². The highest BCUT2D eigenvalue weighted by Crippen LogP contribution is 2.18. The summed E-state index contributed by atoms with van der Waals surface area (Å²) in [6.45, 7) is 4.05. The first-order chi connectivity index (χ1) is 9.70. The lowest BCUT2D eigenvalue weighted by molar-refractivity contribution is -0.132. The molecule has 110 valence electrons. The topological polar surface area (TPSA) is 55.6 Å². The molecule has 1 fully saturated rings. The first-order valence-corrected chi connectivity index (χ1v) is 7.39. The predicted molar refractivity (Wildman–Crippen MR) is 79.7 cm³/mol. The van der Waals surface area contributed by atoms with Gasteiger partial charge >= 0.3 is 0 Å². The van der Waals surface area contributed by atoms with Crippen LogP contribution >= 0.6 is 0 Å². The molecule has 0 radical (unpaired) electrons. The molecule has 0 aromatic heterocycles. The Hall–Kier alpha value is -1.55. The largest absolute Gasteiger partial charge is 0.494 e. The maximum Gasteiger partial charge on any atom is 0.222 e. The van der Waals surface area contributed by atoms with E-state index in [-0.39, 0.29) is 11.9 Å². The lowest BCUT2D eigenvalue weighted by Crippen LogP contribution is -2.39. The number of nitrogens with two attached hydrogens (primary N) is 1. The van der Waals surface area contributed by atoms with Crippen LogP contribution in [0.5, 0.6) is 5.75 Å². The van der Waals surface area contributed by atoms with Crippen LogP contribution in [0.2, 0.25) is 0 Å². The number of carbonyl (C=O) groups excluding carboxylic acids is 1. The van der Waals surface area contributed by atoms with Crippen LogP contribution in [0.4, 0.5) is 0 Å². The second kappa shape index (κ2) is 7.29. The molecule has 1 heterocycles. The van der Waals surface area contributed by atoms with Crippen molar-refractivity contribution in [2.45, 2.75) is 38.6 Å². The molecule has 1 aromatic rings. The number of amides is 1. The minimum Gasteiger partial charge on any atom is -0.494 e. The molecular formula is C16H24N2O2. The second-order valence-corrected chi connectivity index (χ2v) is 5.39. The molecule has 2 rings (SSSR count). The molecule has 1 aliphatic heterocycles. The van der Waals surface area contributed by atoms with Crippen LogP contribution in [0.3, 0.4) is 0 Å². The molecule has 2 N–H and O–H groups in total. The van der Waals surface area contributed by atoms with E-state index >= 15 is 0 Å². The monoisotopic (exact) mass is 276 g/mol. The third kappa shape index (κ3) is 3.97. The zero-order valence-corrected chi connectivity index (χ0v) is 12.2. The molecule has 1 amide bonds. The molecule has 1 unspecified atom stereocenters. The SMILES string of the molecule is Cc1cccc(OCCCC(=O)N2CCCC2CN)c1. The molecule has 1 aromatic carbocycles. The Morgan fingerprint density at radius 2 is 2.35 bits per heavy atom. The van der Waals surface area contributed by atoms with Crippen LogP contribution in [0, 0.1) is 6.92 Å². The number of likely N-dealkylation sites (tertiary alicyclic amines) is 1. The van der Waals surface area contributed by atoms with Gasteiger partial charge in [-0.05, 0) is 43.9 Å². The van der Waals surface area contributed by atoms with Gasteiger partial charge in [0.2, 0.25) is 5.91 Å². The Bertz CT molecular complexity index is 448. The van der Waals surface area contributed by atoms with Gasteiger partial charge in [-0.1, -0.05) is 12.1 Å². The number of nitrogens with zero attached hydrogens (tertiary/aromatic N) is 1. The molecular weight excluding hydrogens is 252 g/mol. The summed E-state index contributed by atoms with van der Waals surface area (Å²) in [7, 11) is 0. The fraction of sp³-hybridized carbons (Fsp3) is 0.562. The van der Waals surface area contributed by atoms with Crippen LogP contribution in [0.15, 0.2) is 24.3 Å². The molecule has 1 atom stereocenters. The number of rotatable bonds is 6. The second-order valence-electron chi connectivity index (χ2n) is 5.39. The third-order valence-electron chi connectivity index (χ3n) is 3.76. The van der Waals surface area contributed by atoms with E-state index in [1.807, 2.05) is 36.1 Å². The average Bonchev–Trinajstić information content (AvgIpc) is 2.92. The van der Waals surface area contributed by atoms with E-state index < -0.39 is 0 Å². The molecule has 4 nitrogen and oxygen atoms in total. The summed E-state index contributed by atoms with van der Waals surface area (Å²) in [6.07, 6.45) is 3.41. The fourth-order valence-corrected chi connectivity index (χ4v) is 2.67. The predicted octanol–water partition coefficient (Wildman–Crippen LogP) is 2.10. The van der Waals surface area contributed by atoms with Crippen molar-refractivity contribution in [1.82, 2.24) is 4.90 Å². The van der Waals surface area contributed by atoms with Crippen LogP contribution in [-0.4, -0.2) is 36.5 Å². The van der Waals surface area contributed by atoms with Gasteiger partial charge in [0, 0.05) is 25.6 Å². The highest BCUT2D eigenvalue weighted by molar-refractivity contribution is 5.76. The summed E-state index contributed by atoms with van der Waals surface area (Å²) in [5.74, 6) is 1.09. The number of ether oxygens (including phenoxy) is 1. The minimum absolute atomic E-state index is 0.214. The van der Waals surface area contributed by atoms with E-state index in [1.165, 1.54) is 5.56 Å². The van der Waals surface area contributed by atoms with Gasteiger partial charge < -0.3 is 15.4 Å². The van der Waals surface area contributed by atoms with Crippen molar-refractivity contribution in [3.63, 3.8) is 0 Å². The van der Waals surface area contributed by atoms with Gasteiger partial charge in [0.05, 0.1) is 6.61 Å². The molecule has 0 spiro atoms. The van der Waals surface area contributed by atoms with E-state index in [9.17, 15) is 4.79 Å². The van der Waals surface area contributed by atoms with E-state index in [0.29, 0.717) is 19.6 Å². The molecule has 1 saturated heterocycles. The van der Waals surface area contributed by atoms with Crippen molar-refractivity contribution in [2.24, 2.45) is 5.73 Å². The normalized spacial score (nSPS) is 18.3. The summed E-state index contributed by atoms with van der Waals surface area (Å²) in [6, 6.07) is 8.22. The van der Waals surface area contributed by atoms with Gasteiger partial charge in [-0.15, -0.1) is 0 Å². The van der Waals surface area contributed by atoms with Crippen molar-refractivity contribution < 1.29 is 9.53 Å². The highest BCUT2D eigenvalue weighted by Gasteiger charge is 2.26. The van der Waals surface area contributed by atoms with E-state index in [2.05, 4.69) is 0 Å². The Labute approximate surface area is 120 Å². The lowest BCUT2D eigenvalue weighted by atomic mass is 10.2. The van der Waals surface area contributed by atoms with Crippen LogP contribution in [0.1, 0.15) is 31.2 Å². The lowest BCUT2D eigenvalue weighted by Gasteiger charge is -2.23. The molecule has 1 aliphatic rings. The van der Waals surface area contributed by atoms with Gasteiger partial charge in [-0.3, -0.25) is 4.79 Å². The molecule has 0 aliphatic carbocycles. The Balaban J connectivity index is 1.69. The summed E-state index contributed by atoms with van der Waals surface area (Å²) in [4.78, 5) is 14.0. The molecule has 0 saturated carbocycles. The average molecular weight is 276 g/mol. The summed E-state index contributed by atoms with van der Waals surface area (Å²) < 4.78 is 5.66. The number of aryl methyl sites for hydroxylation is 1. The number of carbonyl (C=O) groups is 1. The fourth-order valence-electron chi connectivity index (χ4n) is 2.67. The van der Waals surface area contributed by atoms with Crippen molar-refractivity contribution in [1.29, 1.82) is 0 Å². The first-order valence-electron chi connectivity index (χ1n) is 7.39. The number of hydrogen-bond donors (Lipinski definition) is 1. The van der Waals surface area contributed by atoms with Crippen LogP contribution in [0.25, 0.3) is 0 Å². The van der Waals surface area contributed by atoms with Crippen molar-refractivity contribution in [3.8, 4) is 5.75 Å². The van der Waals surface area contributed by atoms with Gasteiger partial charge in [-0.25, -0.2) is 0 Å². The van der Waals surface area contributed by atoms with Crippen molar-refractivity contribution >= 4 is 5.91 Å². The zero-order chi connectivity index (χ0) is 14.4. The van der Waals surface area contributed by atoms with Gasteiger partial charge in [0.1, 0.15) is 5.75 Å². The molecule has 4 heteroatoms. The Morgan fingerprint density at radius 1 is 1.50 bits per heavy atom. The molecule has 20 heavy (non-hydrogen) atoms. The standard InChI is InChI=1S/C16H24N2O2/c1-13-5-2-7-15(11-13)20-10-4-8-16(19)18-9-3-6-14(18)12-17/h2,5,7,11,14H,3-4,6,8-10,12,17H2,1H3. The maximum absolute atomic E-state index is 12.1. The number of benzene rings is 1. The van der Waals surface area contributed by atoms with Gasteiger partial charge in [0.15, 0.2) is 0 Å². The van der Waals surface area contributed by atoms with Gasteiger partial charge in [0.25, 0.3) is 0 Å². The summed E-state index contributed by atoms with van der Waals surface area (Å²) in [5.41, 5.74) is 6.87. The van der Waals surface area contributed by atoms with Crippen molar-refractivity contribution in [2.75, 3.05) is 19.7 Å². The Kier molecular flexibility index (Phi) is 5.41. The quantitative estimate of drug-likeness (QED) is 0.810. The number of hydrogen-bond acceptors (Lipinski definition) is 3. The summed E-state index contributed by atoms with van der Waals surface area (Å²) >= 11 is 0. The minimum atomic E-state index is 0.214. The zero-order valence-electron chi connectivity index (χ0n) is 12.2. The maximum atomic E-state index is 12.1. The Morgan fingerprint density at radius 3 is 3.10 bits per heavy atom. The van der Waals surface area contributed by atoms with Gasteiger partial charge in [-0.2, -0.15) is 0 Å². The highest BCUT2D eigenvalue weighted by atomic mass is 16.5. The van der Waals surface area contributed by atoms with Crippen molar-refractivity contribution in [3.05, 3.63) is 29.8 Å². The van der Waals surface area contributed by atoms with E-state index in [0.717, 1.165) is 31.6 Å². The smallest absolute Gasteiger partial charge is 0.222 e. The summed E-state index contributed by atoms with van der Waals surface area (Å²) in [5, 5.41) is 0. The first kappa shape index (κ1) is 14.9. The molecule has 0 bridgehead atoms. The van der Waals surface area contributed by atoms with Crippen LogP contribution < -0.4 is 10.5 Å². The third-order valence-corrected chi connectivity index (χ3v) is 3.76. The van der Waals surface area contributed by atoms with E-state index in [1.54, 1.807) is 0 Å².